The summed E-state index contributed by atoms with van der Waals surface area (Å²) in [6, 6.07) is 4.10. The van der Waals surface area contributed by atoms with Crippen LogP contribution in [0.3, 0.4) is 0 Å². The number of hydrogen-bond donors (Lipinski definition) is 2. The average Bonchev–Trinajstić information content (AvgIpc) is 2.88. The minimum Gasteiger partial charge on any atom is -0.382 e. The third kappa shape index (κ3) is 2.08. The van der Waals surface area contributed by atoms with E-state index in [-0.39, 0.29) is 11.9 Å². The third-order valence-corrected chi connectivity index (χ3v) is 4.45. The number of nitrogen functional groups attached to an aromatic ring is 1. The second-order valence-corrected chi connectivity index (χ2v) is 5.57. The highest BCUT2D eigenvalue weighted by Gasteiger charge is 2.26. The predicted molar refractivity (Wildman–Crippen MR) is 76.8 cm³/mol. The summed E-state index contributed by atoms with van der Waals surface area (Å²) in [5, 5.41) is 9.60. The Morgan fingerprint density at radius 1 is 1.53 bits per heavy atom. The third-order valence-electron chi connectivity index (χ3n) is 3.45. The van der Waals surface area contributed by atoms with Gasteiger partial charge in [-0.3, -0.25) is 5.41 Å². The molecule has 19 heavy (non-hydrogen) atoms. The van der Waals surface area contributed by atoms with Crippen LogP contribution in [0.5, 0.6) is 0 Å². The quantitative estimate of drug-likeness (QED) is 0.647. The van der Waals surface area contributed by atoms with Crippen molar-refractivity contribution in [3.05, 3.63) is 39.8 Å². The normalized spacial score (nSPS) is 18.2. The lowest BCUT2D eigenvalue weighted by molar-refractivity contribution is 0.615. The summed E-state index contributed by atoms with van der Waals surface area (Å²) < 4.78 is 0. The number of amidine groups is 1. The summed E-state index contributed by atoms with van der Waals surface area (Å²) in [7, 11) is 0. The monoisotopic (exact) mass is 273 g/mol. The molecule has 1 atom stereocenters. The number of rotatable bonds is 2. The SMILES string of the molecule is CC1c2ccsc2CCN1c1nccc(C(=N)N)n1. The fourth-order valence-corrected chi connectivity index (χ4v) is 3.38. The zero-order chi connectivity index (χ0) is 13.4. The Hall–Kier alpha value is -1.95. The van der Waals surface area contributed by atoms with Crippen molar-refractivity contribution in [2.45, 2.75) is 19.4 Å². The molecule has 5 nitrogen and oxygen atoms in total. The molecule has 0 aliphatic carbocycles. The van der Waals surface area contributed by atoms with Gasteiger partial charge in [0.25, 0.3) is 0 Å². The number of nitrogens with zero attached hydrogens (tertiary/aromatic N) is 3. The van der Waals surface area contributed by atoms with Gasteiger partial charge in [0.2, 0.25) is 5.95 Å². The van der Waals surface area contributed by atoms with Gasteiger partial charge in [0.15, 0.2) is 0 Å². The molecule has 0 fully saturated rings. The molecule has 0 spiro atoms. The van der Waals surface area contributed by atoms with Gasteiger partial charge in [0, 0.05) is 17.6 Å². The van der Waals surface area contributed by atoms with Gasteiger partial charge >= 0.3 is 0 Å². The van der Waals surface area contributed by atoms with Gasteiger partial charge in [-0.1, -0.05) is 0 Å². The Kier molecular flexibility index (Phi) is 2.94. The highest BCUT2D eigenvalue weighted by molar-refractivity contribution is 7.10. The van der Waals surface area contributed by atoms with Gasteiger partial charge < -0.3 is 10.6 Å². The lowest BCUT2D eigenvalue weighted by atomic mass is 10.0. The summed E-state index contributed by atoms with van der Waals surface area (Å²) in [6.07, 6.45) is 2.68. The molecular formula is C13H15N5S. The van der Waals surface area contributed by atoms with E-state index in [1.54, 1.807) is 12.3 Å². The highest BCUT2D eigenvalue weighted by Crippen LogP contribution is 2.34. The number of fused-ring (bicyclic) bond motifs is 1. The Labute approximate surface area is 115 Å². The van der Waals surface area contributed by atoms with Crippen molar-refractivity contribution in [1.82, 2.24) is 9.97 Å². The largest absolute Gasteiger partial charge is 0.382 e. The predicted octanol–water partition coefficient (Wildman–Crippen LogP) is 1.95. The summed E-state index contributed by atoms with van der Waals surface area (Å²) in [4.78, 5) is 12.3. The van der Waals surface area contributed by atoms with Crippen molar-refractivity contribution in [2.24, 2.45) is 5.73 Å². The van der Waals surface area contributed by atoms with Crippen LogP contribution < -0.4 is 10.6 Å². The molecule has 3 rings (SSSR count). The lowest BCUT2D eigenvalue weighted by Crippen LogP contribution is -2.34. The molecule has 0 aromatic carbocycles. The van der Waals surface area contributed by atoms with Crippen molar-refractivity contribution < 1.29 is 0 Å². The number of nitrogens with two attached hydrogens (primary N) is 1. The van der Waals surface area contributed by atoms with E-state index in [4.69, 9.17) is 11.1 Å². The summed E-state index contributed by atoms with van der Waals surface area (Å²) in [5.41, 5.74) is 7.32. The topological polar surface area (TPSA) is 78.9 Å². The second kappa shape index (κ2) is 4.62. The zero-order valence-corrected chi connectivity index (χ0v) is 11.4. The van der Waals surface area contributed by atoms with E-state index in [1.165, 1.54) is 10.4 Å². The number of aromatic nitrogens is 2. The molecule has 6 heteroatoms. The van der Waals surface area contributed by atoms with Crippen LogP contribution in [0.4, 0.5) is 5.95 Å². The standard InChI is InChI=1S/C13H15N5S/c1-8-9-4-7-19-11(9)3-6-18(8)13-16-5-2-10(17-13)12(14)15/h2,4-5,7-8H,3,6H2,1H3,(H3,14,15). The molecule has 2 aromatic heterocycles. The molecule has 0 radical (unpaired) electrons. The van der Waals surface area contributed by atoms with Gasteiger partial charge in [-0.25, -0.2) is 9.97 Å². The number of thiophene rings is 1. The Morgan fingerprint density at radius 3 is 3.16 bits per heavy atom. The summed E-state index contributed by atoms with van der Waals surface area (Å²) in [5.74, 6) is 0.626. The molecular weight excluding hydrogens is 258 g/mol. The maximum absolute atomic E-state index is 7.46. The first-order chi connectivity index (χ1) is 9.16. The first-order valence-electron chi connectivity index (χ1n) is 6.17. The van der Waals surface area contributed by atoms with Crippen molar-refractivity contribution >= 4 is 23.1 Å². The van der Waals surface area contributed by atoms with Crippen LogP contribution in [-0.2, 0) is 6.42 Å². The second-order valence-electron chi connectivity index (χ2n) is 4.57. The van der Waals surface area contributed by atoms with Crippen molar-refractivity contribution in [3.8, 4) is 0 Å². The van der Waals surface area contributed by atoms with Crippen LogP contribution in [0.2, 0.25) is 0 Å². The van der Waals surface area contributed by atoms with Gasteiger partial charge in [0.05, 0.1) is 6.04 Å². The molecule has 1 aliphatic heterocycles. The minimum absolute atomic E-state index is 0.0236. The highest BCUT2D eigenvalue weighted by atomic mass is 32.1. The van der Waals surface area contributed by atoms with E-state index >= 15 is 0 Å². The fourth-order valence-electron chi connectivity index (χ4n) is 2.42. The molecule has 0 saturated heterocycles. The van der Waals surface area contributed by atoms with Crippen LogP contribution in [0.25, 0.3) is 0 Å². The number of nitrogens with one attached hydrogen (secondary N) is 1. The van der Waals surface area contributed by atoms with Gasteiger partial charge in [-0.05, 0) is 36.4 Å². The van der Waals surface area contributed by atoms with E-state index < -0.39 is 0 Å². The zero-order valence-electron chi connectivity index (χ0n) is 10.6. The Morgan fingerprint density at radius 2 is 2.37 bits per heavy atom. The van der Waals surface area contributed by atoms with Crippen molar-refractivity contribution in [3.63, 3.8) is 0 Å². The van der Waals surface area contributed by atoms with E-state index in [1.807, 2.05) is 11.3 Å². The van der Waals surface area contributed by atoms with E-state index in [9.17, 15) is 0 Å². The lowest BCUT2D eigenvalue weighted by Gasteiger charge is -2.33. The molecule has 0 amide bonds. The van der Waals surface area contributed by atoms with E-state index in [0.29, 0.717) is 11.6 Å². The molecule has 3 heterocycles. The first-order valence-corrected chi connectivity index (χ1v) is 7.05. The molecule has 98 valence electrons. The molecule has 1 aliphatic rings. The van der Waals surface area contributed by atoms with E-state index in [2.05, 4.69) is 33.2 Å². The maximum atomic E-state index is 7.46. The van der Waals surface area contributed by atoms with Crippen LogP contribution in [0.1, 0.15) is 29.1 Å². The van der Waals surface area contributed by atoms with Crippen molar-refractivity contribution in [1.29, 1.82) is 5.41 Å². The smallest absolute Gasteiger partial charge is 0.226 e. The Balaban J connectivity index is 1.95. The molecule has 0 bridgehead atoms. The van der Waals surface area contributed by atoms with Crippen LogP contribution in [-0.4, -0.2) is 22.3 Å². The first kappa shape index (κ1) is 12.1. The minimum atomic E-state index is -0.0236. The number of hydrogen-bond acceptors (Lipinski definition) is 5. The van der Waals surface area contributed by atoms with Crippen LogP contribution >= 0.6 is 11.3 Å². The summed E-state index contributed by atoms with van der Waals surface area (Å²) >= 11 is 1.81. The van der Waals surface area contributed by atoms with Crippen molar-refractivity contribution in [2.75, 3.05) is 11.4 Å². The number of anilines is 1. The van der Waals surface area contributed by atoms with Gasteiger partial charge in [-0.2, -0.15) is 0 Å². The Bertz CT molecular complexity index is 621. The molecule has 1 unspecified atom stereocenters. The van der Waals surface area contributed by atoms with Crippen LogP contribution in [0.15, 0.2) is 23.7 Å². The summed E-state index contributed by atoms with van der Waals surface area (Å²) in [6.45, 7) is 3.06. The average molecular weight is 273 g/mol. The maximum Gasteiger partial charge on any atom is 0.226 e. The molecule has 2 aromatic rings. The molecule has 0 saturated carbocycles. The van der Waals surface area contributed by atoms with Gasteiger partial charge in [-0.15, -0.1) is 11.3 Å². The van der Waals surface area contributed by atoms with Gasteiger partial charge in [0.1, 0.15) is 11.5 Å². The molecule has 3 N–H and O–H groups in total. The fraction of sp³-hybridized carbons (Fsp3) is 0.308. The van der Waals surface area contributed by atoms with E-state index in [0.717, 1.165) is 13.0 Å². The van der Waals surface area contributed by atoms with Crippen LogP contribution in [0, 0.1) is 5.41 Å².